The summed E-state index contributed by atoms with van der Waals surface area (Å²) in [5.74, 6) is -8.64. The molecule has 5 N–H and O–H groups in total. The molecule has 0 aromatic carbocycles. The average Bonchev–Trinajstić information content (AvgIpc) is 3.22. The van der Waals surface area contributed by atoms with Gasteiger partial charge >= 0.3 is 5.97 Å². The van der Waals surface area contributed by atoms with Gasteiger partial charge in [0.25, 0.3) is 11.7 Å². The number of amides is 1. The second-order valence-electron chi connectivity index (χ2n) is 18.8. The van der Waals surface area contributed by atoms with Crippen molar-refractivity contribution in [2.45, 2.75) is 173 Å². The van der Waals surface area contributed by atoms with Crippen LogP contribution in [-0.2, 0) is 38.2 Å². The maximum atomic E-state index is 14.2. The summed E-state index contributed by atoms with van der Waals surface area (Å²) in [5, 5.41) is 54.7. The summed E-state index contributed by atoms with van der Waals surface area (Å²) in [4.78, 5) is 70.8. The lowest BCUT2D eigenvalue weighted by Crippen LogP contribution is -2.62. The van der Waals surface area contributed by atoms with Gasteiger partial charge in [0.05, 0.1) is 24.4 Å². The van der Waals surface area contributed by atoms with Crippen LogP contribution in [-0.4, -0.2) is 128 Å². The standard InChI is InChI=1S/C48H73NO13/c1-28-12-10-8-9-11-13-36(51)25-38-20-14-33(6)48(59,62-38)45(56)46(57)49-27-37(52)19-21-39(49)47(58)61-41(30(3)24-34-15-17-35(50)18-16-34)26-40(53)29(2)23-32(5)43(55)44(60-7)42(54)31(4)22-28/h8-13,23,28-31,33-39,41,43-44,50-52,55,59H,14-22,24-27H2,1-7H3/b9-8+,12-10+,13-11+,32-23+/t28-,29-,30-,31-,33-,34?,35?,36-,37?,38+,39?,41+,43-,44+,48-/m1/s1. The smallest absolute Gasteiger partial charge is 0.329 e. The van der Waals surface area contributed by atoms with Crippen LogP contribution in [0.25, 0.3) is 0 Å². The minimum atomic E-state index is -2.55. The summed E-state index contributed by atoms with van der Waals surface area (Å²) >= 11 is 0. The number of aliphatic hydroxyl groups is 5. The summed E-state index contributed by atoms with van der Waals surface area (Å²) in [5.41, 5.74) is 0.365. The van der Waals surface area contributed by atoms with Crippen molar-refractivity contribution in [2.24, 2.45) is 35.5 Å². The number of piperidine rings is 1. The molecule has 62 heavy (non-hydrogen) atoms. The quantitative estimate of drug-likeness (QED) is 0.150. The van der Waals surface area contributed by atoms with Crippen molar-refractivity contribution >= 4 is 29.2 Å². The van der Waals surface area contributed by atoms with Gasteiger partial charge in [-0.2, -0.15) is 0 Å². The summed E-state index contributed by atoms with van der Waals surface area (Å²) in [7, 11) is 1.36. The van der Waals surface area contributed by atoms with Crippen molar-refractivity contribution in [2.75, 3.05) is 13.7 Å². The molecular formula is C48H73NO13. The zero-order valence-electron chi connectivity index (χ0n) is 37.8. The third-order valence-corrected chi connectivity index (χ3v) is 13.5. The van der Waals surface area contributed by atoms with Crippen molar-refractivity contribution in [3.8, 4) is 0 Å². The van der Waals surface area contributed by atoms with Crippen LogP contribution in [0.5, 0.6) is 0 Å². The van der Waals surface area contributed by atoms with Crippen molar-refractivity contribution in [3.63, 3.8) is 0 Å². The Kier molecular flexibility index (Phi) is 19.5. The van der Waals surface area contributed by atoms with E-state index in [0.29, 0.717) is 44.1 Å². The fraction of sp³-hybridized carbons (Fsp3) is 0.729. The van der Waals surface area contributed by atoms with E-state index in [1.807, 2.05) is 26.0 Å². The molecule has 4 rings (SSSR count). The lowest BCUT2D eigenvalue weighted by atomic mass is 9.79. The van der Waals surface area contributed by atoms with Crippen LogP contribution in [0, 0.1) is 35.5 Å². The fourth-order valence-corrected chi connectivity index (χ4v) is 9.42. The van der Waals surface area contributed by atoms with Gasteiger partial charge in [-0.25, -0.2) is 4.79 Å². The first-order valence-electron chi connectivity index (χ1n) is 22.7. The summed E-state index contributed by atoms with van der Waals surface area (Å²) < 4.78 is 17.6. The molecule has 1 aliphatic carbocycles. The Morgan fingerprint density at radius 1 is 0.839 bits per heavy atom. The van der Waals surface area contributed by atoms with Crippen LogP contribution in [0.3, 0.4) is 0 Å². The Bertz CT molecular complexity index is 1660. The SMILES string of the molecule is CO[C@H]1C(=O)[C@H](C)C[C@H](C)/C=C/C=C/C=C/[C@@H](O)C[C@@H]2CC[C@@H](C)[C@@](O)(O2)C(=O)C(=O)N2CC(O)CCC2C(=O)O[C@H]([C@H](C)CC2CCC(O)CC2)CC(=O)[C@H](C)/C=C(\C)[C@H]1O. The molecular weight excluding hydrogens is 799 g/mol. The maximum Gasteiger partial charge on any atom is 0.329 e. The van der Waals surface area contributed by atoms with Gasteiger partial charge in [0.15, 0.2) is 5.78 Å². The van der Waals surface area contributed by atoms with E-state index >= 15 is 0 Å². The molecule has 4 aliphatic rings. The number of Topliss-reactive ketones (excluding diaryl/α,β-unsaturated/α-hetero) is 3. The highest BCUT2D eigenvalue weighted by molar-refractivity contribution is 6.39. The molecule has 0 aromatic heterocycles. The highest BCUT2D eigenvalue weighted by Crippen LogP contribution is 2.37. The number of nitrogens with zero attached hydrogens (tertiary/aromatic N) is 1. The first kappa shape index (κ1) is 51.3. The van der Waals surface area contributed by atoms with Crippen molar-refractivity contribution in [3.05, 3.63) is 48.1 Å². The molecule has 1 saturated carbocycles. The molecule has 2 saturated heterocycles. The van der Waals surface area contributed by atoms with E-state index in [-0.39, 0.29) is 67.7 Å². The number of fused-ring (bicyclic) bond motifs is 3. The van der Waals surface area contributed by atoms with Crippen molar-refractivity contribution in [1.82, 2.24) is 4.90 Å². The maximum absolute atomic E-state index is 14.2. The van der Waals surface area contributed by atoms with Crippen molar-refractivity contribution < 1.29 is 63.7 Å². The molecule has 0 aromatic rings. The molecule has 0 radical (unpaired) electrons. The van der Waals surface area contributed by atoms with Gasteiger partial charge in [-0.15, -0.1) is 0 Å². The molecule has 0 spiro atoms. The van der Waals surface area contributed by atoms with Crippen molar-refractivity contribution in [1.29, 1.82) is 0 Å². The third-order valence-electron chi connectivity index (χ3n) is 13.5. The number of cyclic esters (lactones) is 1. The molecule has 3 heterocycles. The number of methoxy groups -OCH3 is 1. The predicted molar refractivity (Wildman–Crippen MR) is 231 cm³/mol. The Balaban J connectivity index is 1.68. The Hall–Kier alpha value is -3.37. The van der Waals surface area contributed by atoms with Crippen LogP contribution in [0.15, 0.2) is 48.1 Å². The minimum Gasteiger partial charge on any atom is -0.460 e. The van der Waals surface area contributed by atoms with E-state index in [4.69, 9.17) is 14.2 Å². The highest BCUT2D eigenvalue weighted by atomic mass is 16.6. The molecule has 3 aliphatic heterocycles. The highest BCUT2D eigenvalue weighted by Gasteiger charge is 2.53. The van der Waals surface area contributed by atoms with Gasteiger partial charge in [0.1, 0.15) is 30.1 Å². The van der Waals surface area contributed by atoms with Crippen LogP contribution >= 0.6 is 0 Å². The van der Waals surface area contributed by atoms with E-state index in [2.05, 4.69) is 0 Å². The van der Waals surface area contributed by atoms with Gasteiger partial charge < -0.3 is 44.6 Å². The zero-order valence-corrected chi connectivity index (χ0v) is 37.8. The number of allylic oxidation sites excluding steroid dienone is 6. The van der Waals surface area contributed by atoms with E-state index in [9.17, 15) is 49.5 Å². The molecule has 14 heteroatoms. The number of ketones is 3. The van der Waals surface area contributed by atoms with Crippen LogP contribution in [0.4, 0.5) is 0 Å². The normalized spacial score (nSPS) is 41.3. The van der Waals surface area contributed by atoms with Gasteiger partial charge in [-0.1, -0.05) is 77.2 Å². The largest absolute Gasteiger partial charge is 0.460 e. The van der Waals surface area contributed by atoms with Gasteiger partial charge in [0.2, 0.25) is 5.79 Å². The topological polar surface area (TPSA) is 217 Å². The minimum absolute atomic E-state index is 0.00714. The summed E-state index contributed by atoms with van der Waals surface area (Å²) in [6, 6.07) is -1.31. The number of esters is 1. The first-order valence-corrected chi connectivity index (χ1v) is 22.7. The van der Waals surface area contributed by atoms with Gasteiger partial charge in [-0.3, -0.25) is 19.2 Å². The lowest BCUT2D eigenvalue weighted by molar-refractivity contribution is -0.265. The van der Waals surface area contributed by atoms with E-state index in [1.54, 1.807) is 58.1 Å². The van der Waals surface area contributed by atoms with Gasteiger partial charge in [0, 0.05) is 44.2 Å². The van der Waals surface area contributed by atoms with Gasteiger partial charge in [-0.05, 0) is 94.5 Å². The number of carbonyl (C=O) groups excluding carboxylic acids is 5. The molecule has 2 unspecified atom stereocenters. The Morgan fingerprint density at radius 2 is 1.48 bits per heavy atom. The molecule has 348 valence electrons. The van der Waals surface area contributed by atoms with Crippen LogP contribution in [0.2, 0.25) is 0 Å². The fourth-order valence-electron chi connectivity index (χ4n) is 9.42. The monoisotopic (exact) mass is 872 g/mol. The number of aliphatic hydroxyl groups excluding tert-OH is 4. The first-order chi connectivity index (χ1) is 29.2. The molecule has 3 fully saturated rings. The molecule has 14 nitrogen and oxygen atoms in total. The number of rotatable bonds is 4. The second kappa shape index (κ2) is 23.5. The number of hydrogen-bond donors (Lipinski definition) is 5. The zero-order chi connectivity index (χ0) is 45.9. The summed E-state index contributed by atoms with van der Waals surface area (Å²) in [6.45, 7) is 10.1. The molecule has 13 atom stereocenters. The van der Waals surface area contributed by atoms with Crippen LogP contribution in [0.1, 0.15) is 119 Å². The number of carbonyl (C=O) groups is 5. The number of ether oxygens (including phenoxy) is 3. The Labute approximate surface area is 367 Å². The Morgan fingerprint density at radius 3 is 2.15 bits per heavy atom. The van der Waals surface area contributed by atoms with E-state index in [1.165, 1.54) is 7.11 Å². The molecule has 1 amide bonds. The predicted octanol–water partition coefficient (Wildman–Crippen LogP) is 4.48. The summed E-state index contributed by atoms with van der Waals surface area (Å²) in [6.07, 6.45) is 9.91. The molecule has 2 bridgehead atoms. The lowest BCUT2D eigenvalue weighted by Gasteiger charge is -2.43. The third kappa shape index (κ3) is 13.8. The van der Waals surface area contributed by atoms with E-state index in [0.717, 1.165) is 17.7 Å². The average molecular weight is 872 g/mol. The van der Waals surface area contributed by atoms with Crippen LogP contribution < -0.4 is 0 Å². The second-order valence-corrected chi connectivity index (χ2v) is 18.8. The number of hydrogen-bond acceptors (Lipinski definition) is 13. The van der Waals surface area contributed by atoms with E-state index < -0.39 is 83.9 Å².